The van der Waals surface area contributed by atoms with E-state index in [9.17, 15) is 9.18 Å². The molecule has 0 saturated heterocycles. The first-order valence-corrected chi connectivity index (χ1v) is 5.85. The van der Waals surface area contributed by atoms with Crippen molar-refractivity contribution in [3.8, 4) is 0 Å². The highest BCUT2D eigenvalue weighted by atomic mass is 19.1. The van der Waals surface area contributed by atoms with Crippen molar-refractivity contribution in [2.75, 3.05) is 19.5 Å². The molecule has 1 amide bonds. The number of ether oxygens (including phenoxy) is 1. The molecular weight excluding hydrogens is 235 g/mol. The van der Waals surface area contributed by atoms with Gasteiger partial charge in [-0.2, -0.15) is 0 Å². The van der Waals surface area contributed by atoms with Crippen LogP contribution in [0.4, 0.5) is 10.1 Å². The number of carbonyl (C=O) groups is 1. The summed E-state index contributed by atoms with van der Waals surface area (Å²) in [5.41, 5.74) is 6.50. The van der Waals surface area contributed by atoms with Gasteiger partial charge < -0.3 is 15.8 Å². The summed E-state index contributed by atoms with van der Waals surface area (Å²) in [6.45, 7) is 3.94. The summed E-state index contributed by atoms with van der Waals surface area (Å²) in [5, 5.41) is 2.77. The second-order valence-electron chi connectivity index (χ2n) is 4.21. The molecule has 100 valence electrons. The quantitative estimate of drug-likeness (QED) is 0.788. The average molecular weight is 254 g/mol. The molecule has 18 heavy (non-hydrogen) atoms. The molecule has 1 aromatic carbocycles. The largest absolute Gasteiger partial charge is 0.398 e. The average Bonchev–Trinajstić information content (AvgIpc) is 2.34. The van der Waals surface area contributed by atoms with Gasteiger partial charge in [-0.3, -0.25) is 4.79 Å². The van der Waals surface area contributed by atoms with Crippen molar-refractivity contribution in [3.05, 3.63) is 29.1 Å². The lowest BCUT2D eigenvalue weighted by molar-refractivity contribution is 0.0894. The number of hydrogen-bond donors (Lipinski definition) is 2. The Hall–Kier alpha value is -1.62. The van der Waals surface area contributed by atoms with Gasteiger partial charge in [0.25, 0.3) is 5.91 Å². The number of rotatable bonds is 5. The molecule has 1 aromatic rings. The van der Waals surface area contributed by atoms with E-state index in [4.69, 9.17) is 10.5 Å². The summed E-state index contributed by atoms with van der Waals surface area (Å²) in [6, 6.07) is 2.58. The van der Waals surface area contributed by atoms with Gasteiger partial charge in [-0.05, 0) is 25.5 Å². The van der Waals surface area contributed by atoms with E-state index in [1.54, 1.807) is 14.0 Å². The number of nitrogen functional groups attached to an aromatic ring is 1. The molecule has 0 aliphatic carbocycles. The Labute approximate surface area is 106 Å². The first kappa shape index (κ1) is 14.4. The van der Waals surface area contributed by atoms with Crippen molar-refractivity contribution < 1.29 is 13.9 Å². The fraction of sp³-hybridized carbons (Fsp3) is 0.462. The summed E-state index contributed by atoms with van der Waals surface area (Å²) in [4.78, 5) is 11.9. The van der Waals surface area contributed by atoms with Gasteiger partial charge in [0.2, 0.25) is 0 Å². The van der Waals surface area contributed by atoms with Crippen molar-refractivity contribution in [2.24, 2.45) is 0 Å². The van der Waals surface area contributed by atoms with Crippen molar-refractivity contribution >= 4 is 11.6 Å². The van der Waals surface area contributed by atoms with Crippen LogP contribution in [0.2, 0.25) is 0 Å². The Morgan fingerprint density at radius 3 is 2.72 bits per heavy atom. The van der Waals surface area contributed by atoms with Gasteiger partial charge in [0.15, 0.2) is 0 Å². The van der Waals surface area contributed by atoms with Crippen molar-refractivity contribution in [3.63, 3.8) is 0 Å². The van der Waals surface area contributed by atoms with E-state index >= 15 is 0 Å². The first-order chi connectivity index (χ1) is 8.49. The molecule has 4 nitrogen and oxygen atoms in total. The number of anilines is 1. The molecule has 0 bridgehead atoms. The molecule has 0 saturated carbocycles. The summed E-state index contributed by atoms with van der Waals surface area (Å²) in [5.74, 6) is -0.815. The fourth-order valence-corrected chi connectivity index (χ4v) is 1.56. The molecule has 0 radical (unpaired) electrons. The van der Waals surface area contributed by atoms with E-state index in [0.29, 0.717) is 12.2 Å². The van der Waals surface area contributed by atoms with Gasteiger partial charge in [-0.15, -0.1) is 0 Å². The number of nitrogens with one attached hydrogen (secondary N) is 1. The highest BCUT2D eigenvalue weighted by Gasteiger charge is 2.14. The van der Waals surface area contributed by atoms with Gasteiger partial charge in [-0.1, -0.05) is 6.92 Å². The van der Waals surface area contributed by atoms with Crippen LogP contribution >= 0.6 is 0 Å². The Morgan fingerprint density at radius 1 is 1.56 bits per heavy atom. The standard InChI is InChI=1S/C13H19FN2O2/c1-4-10(7-18-3)16-13(17)9-5-11(14)8(2)12(15)6-9/h5-6,10H,4,7,15H2,1-3H3,(H,16,17). The number of benzene rings is 1. The van der Waals surface area contributed by atoms with Crippen LogP contribution in [0.15, 0.2) is 12.1 Å². The number of carbonyl (C=O) groups excluding carboxylic acids is 1. The molecule has 5 heteroatoms. The molecule has 1 atom stereocenters. The number of halogens is 1. The monoisotopic (exact) mass is 254 g/mol. The molecule has 0 aromatic heterocycles. The van der Waals surface area contributed by atoms with Crippen LogP contribution in [-0.2, 0) is 4.74 Å². The third kappa shape index (κ3) is 3.43. The highest BCUT2D eigenvalue weighted by molar-refractivity contribution is 5.95. The normalized spacial score (nSPS) is 12.2. The lowest BCUT2D eigenvalue weighted by Crippen LogP contribution is -2.37. The minimum atomic E-state index is -0.472. The Kier molecular flexibility index (Phi) is 5.09. The zero-order valence-corrected chi connectivity index (χ0v) is 10.9. The van der Waals surface area contributed by atoms with Gasteiger partial charge in [-0.25, -0.2) is 4.39 Å². The summed E-state index contributed by atoms with van der Waals surface area (Å²) >= 11 is 0. The molecule has 1 rings (SSSR count). The molecule has 0 aliphatic heterocycles. The molecule has 0 fully saturated rings. The maximum atomic E-state index is 13.5. The van der Waals surface area contributed by atoms with E-state index in [0.717, 1.165) is 6.42 Å². The van der Waals surface area contributed by atoms with Gasteiger partial charge >= 0.3 is 0 Å². The lowest BCUT2D eigenvalue weighted by Gasteiger charge is -2.16. The van der Waals surface area contributed by atoms with Gasteiger partial charge in [0.1, 0.15) is 5.82 Å². The predicted molar refractivity (Wildman–Crippen MR) is 69.0 cm³/mol. The van der Waals surface area contributed by atoms with Crippen LogP contribution in [0, 0.1) is 12.7 Å². The van der Waals surface area contributed by atoms with E-state index in [2.05, 4.69) is 5.32 Å². The van der Waals surface area contributed by atoms with Crippen LogP contribution in [0.5, 0.6) is 0 Å². The third-order valence-electron chi connectivity index (χ3n) is 2.84. The Balaban J connectivity index is 2.84. The minimum Gasteiger partial charge on any atom is -0.398 e. The highest BCUT2D eigenvalue weighted by Crippen LogP contribution is 2.17. The zero-order chi connectivity index (χ0) is 13.7. The third-order valence-corrected chi connectivity index (χ3v) is 2.84. The molecule has 0 spiro atoms. The summed E-state index contributed by atoms with van der Waals surface area (Å²) in [7, 11) is 1.57. The van der Waals surface area contributed by atoms with Crippen LogP contribution in [-0.4, -0.2) is 25.7 Å². The number of hydrogen-bond acceptors (Lipinski definition) is 3. The molecule has 0 heterocycles. The molecule has 1 unspecified atom stereocenters. The van der Waals surface area contributed by atoms with Crippen molar-refractivity contribution in [2.45, 2.75) is 26.3 Å². The molecule has 0 aliphatic rings. The maximum absolute atomic E-state index is 13.5. The number of nitrogens with two attached hydrogens (primary N) is 1. The summed E-state index contributed by atoms with van der Waals surface area (Å²) in [6.07, 6.45) is 0.739. The second kappa shape index (κ2) is 6.35. The number of amides is 1. The van der Waals surface area contributed by atoms with Crippen LogP contribution < -0.4 is 11.1 Å². The fourth-order valence-electron chi connectivity index (χ4n) is 1.56. The van der Waals surface area contributed by atoms with Gasteiger partial charge in [0.05, 0.1) is 12.6 Å². The Bertz CT molecular complexity index is 412. The SMILES string of the molecule is CCC(COC)NC(=O)c1cc(N)c(C)c(F)c1. The van der Waals surface area contributed by atoms with E-state index in [1.807, 2.05) is 6.92 Å². The van der Waals surface area contributed by atoms with E-state index < -0.39 is 5.82 Å². The zero-order valence-electron chi connectivity index (χ0n) is 10.9. The van der Waals surface area contributed by atoms with Gasteiger partial charge in [0, 0.05) is 23.9 Å². The number of methoxy groups -OCH3 is 1. The minimum absolute atomic E-state index is 0.0897. The van der Waals surface area contributed by atoms with Crippen LogP contribution in [0.1, 0.15) is 29.3 Å². The first-order valence-electron chi connectivity index (χ1n) is 5.85. The Morgan fingerprint density at radius 2 is 2.22 bits per heavy atom. The summed E-state index contributed by atoms with van der Waals surface area (Å²) < 4.78 is 18.5. The van der Waals surface area contributed by atoms with Crippen molar-refractivity contribution in [1.29, 1.82) is 0 Å². The lowest BCUT2D eigenvalue weighted by atomic mass is 10.1. The van der Waals surface area contributed by atoms with Crippen LogP contribution in [0.25, 0.3) is 0 Å². The van der Waals surface area contributed by atoms with E-state index in [1.165, 1.54) is 12.1 Å². The van der Waals surface area contributed by atoms with E-state index in [-0.39, 0.29) is 23.2 Å². The molecule has 3 N–H and O–H groups in total. The van der Waals surface area contributed by atoms with Crippen LogP contribution in [0.3, 0.4) is 0 Å². The smallest absolute Gasteiger partial charge is 0.251 e. The van der Waals surface area contributed by atoms with Crippen molar-refractivity contribution in [1.82, 2.24) is 5.32 Å². The predicted octanol–water partition coefficient (Wildman–Crippen LogP) is 1.87. The second-order valence-corrected chi connectivity index (χ2v) is 4.21. The molecular formula is C13H19FN2O2. The maximum Gasteiger partial charge on any atom is 0.251 e. The topological polar surface area (TPSA) is 64.3 Å².